The highest BCUT2D eigenvalue weighted by Crippen LogP contribution is 2.33. The predicted octanol–water partition coefficient (Wildman–Crippen LogP) is 4.00. The Hall–Kier alpha value is -2.34. The molecule has 114 valence electrons. The first-order valence-electron chi connectivity index (χ1n) is 6.80. The smallest absolute Gasteiger partial charge is 0.256 e. The summed E-state index contributed by atoms with van der Waals surface area (Å²) < 4.78 is 16.4. The van der Waals surface area contributed by atoms with Crippen LogP contribution in [-0.4, -0.2) is 17.3 Å². The number of aryl methyl sites for hydroxylation is 2. The van der Waals surface area contributed by atoms with Gasteiger partial charge in [-0.2, -0.15) is 11.3 Å². The fourth-order valence-electron chi connectivity index (χ4n) is 2.26. The topological polar surface area (TPSA) is 57.4 Å². The zero-order valence-corrected chi connectivity index (χ0v) is 13.4. The van der Waals surface area contributed by atoms with E-state index in [1.807, 2.05) is 31.4 Å². The minimum Gasteiger partial charge on any atom is -0.483 e. The Kier molecular flexibility index (Phi) is 4.11. The second-order valence-corrected chi connectivity index (χ2v) is 5.63. The number of rotatable bonds is 5. The fraction of sp³-hybridized carbons (Fsp3) is 0.250. The molecule has 0 bridgehead atoms. The molecule has 0 aliphatic heterocycles. The molecular formula is C16H16N2O3S. The van der Waals surface area contributed by atoms with Crippen LogP contribution in [0.5, 0.6) is 11.6 Å². The summed E-state index contributed by atoms with van der Waals surface area (Å²) in [6.07, 6.45) is 1.74. The van der Waals surface area contributed by atoms with E-state index in [1.54, 1.807) is 24.6 Å². The molecule has 0 unspecified atom stereocenters. The van der Waals surface area contributed by atoms with Gasteiger partial charge in [0.05, 0.1) is 12.8 Å². The molecule has 0 aromatic carbocycles. The van der Waals surface area contributed by atoms with Crippen molar-refractivity contribution in [2.24, 2.45) is 0 Å². The molecule has 3 rings (SSSR count). The molecule has 0 atom stereocenters. The van der Waals surface area contributed by atoms with Gasteiger partial charge in [0.15, 0.2) is 5.75 Å². The summed E-state index contributed by atoms with van der Waals surface area (Å²) in [7, 11) is 1.58. The van der Waals surface area contributed by atoms with Crippen LogP contribution in [-0.2, 0) is 6.61 Å². The van der Waals surface area contributed by atoms with E-state index in [1.165, 1.54) is 0 Å². The van der Waals surface area contributed by atoms with Gasteiger partial charge in [-0.1, -0.05) is 5.16 Å². The maximum atomic E-state index is 5.86. The van der Waals surface area contributed by atoms with Crippen LogP contribution < -0.4 is 9.47 Å². The molecule has 0 radical (unpaired) electrons. The summed E-state index contributed by atoms with van der Waals surface area (Å²) in [5, 5.41) is 8.05. The van der Waals surface area contributed by atoms with Crippen LogP contribution in [0.3, 0.4) is 0 Å². The zero-order valence-electron chi connectivity index (χ0n) is 12.6. The van der Waals surface area contributed by atoms with Crippen LogP contribution in [0, 0.1) is 13.8 Å². The number of pyridine rings is 1. The summed E-state index contributed by atoms with van der Waals surface area (Å²) in [6.45, 7) is 4.26. The van der Waals surface area contributed by atoms with Gasteiger partial charge in [0.2, 0.25) is 0 Å². The van der Waals surface area contributed by atoms with Crippen molar-refractivity contribution in [1.29, 1.82) is 0 Å². The van der Waals surface area contributed by atoms with Gasteiger partial charge in [-0.25, -0.2) is 4.98 Å². The third kappa shape index (κ3) is 2.82. The number of methoxy groups -OCH3 is 1. The minimum atomic E-state index is 0.464. The second-order valence-electron chi connectivity index (χ2n) is 4.85. The van der Waals surface area contributed by atoms with Crippen LogP contribution >= 0.6 is 11.3 Å². The van der Waals surface area contributed by atoms with Gasteiger partial charge >= 0.3 is 0 Å². The number of thiophene rings is 1. The van der Waals surface area contributed by atoms with Crippen molar-refractivity contribution in [3.05, 3.63) is 46.1 Å². The quantitative estimate of drug-likeness (QED) is 0.712. The lowest BCUT2D eigenvalue weighted by Gasteiger charge is -2.11. The molecule has 0 aliphatic rings. The summed E-state index contributed by atoms with van der Waals surface area (Å²) >= 11 is 1.64. The summed E-state index contributed by atoms with van der Waals surface area (Å²) in [5.41, 5.74) is 3.79. The van der Waals surface area contributed by atoms with Crippen molar-refractivity contribution in [2.75, 3.05) is 7.11 Å². The third-order valence-corrected chi connectivity index (χ3v) is 4.04. The highest BCUT2D eigenvalue weighted by molar-refractivity contribution is 7.07. The molecule has 0 spiro atoms. The van der Waals surface area contributed by atoms with Crippen LogP contribution in [0.15, 0.2) is 33.6 Å². The van der Waals surface area contributed by atoms with Crippen molar-refractivity contribution in [1.82, 2.24) is 10.1 Å². The average Bonchev–Trinajstić information content (AvgIpc) is 3.15. The molecule has 0 N–H and O–H groups in total. The maximum Gasteiger partial charge on any atom is 0.256 e. The summed E-state index contributed by atoms with van der Waals surface area (Å²) in [6, 6.07) is 3.94. The highest BCUT2D eigenvalue weighted by atomic mass is 32.1. The van der Waals surface area contributed by atoms with Gasteiger partial charge in [-0.15, -0.1) is 0 Å². The Labute approximate surface area is 132 Å². The van der Waals surface area contributed by atoms with Gasteiger partial charge in [0.25, 0.3) is 5.88 Å². The zero-order chi connectivity index (χ0) is 15.5. The molecule has 3 aromatic heterocycles. The fourth-order valence-corrected chi connectivity index (χ4v) is 2.91. The molecule has 3 aromatic rings. The highest BCUT2D eigenvalue weighted by Gasteiger charge is 2.15. The Bertz CT molecular complexity index is 746. The first kappa shape index (κ1) is 14.6. The van der Waals surface area contributed by atoms with E-state index in [2.05, 4.69) is 15.5 Å². The third-order valence-electron chi connectivity index (χ3n) is 3.31. The molecule has 6 heteroatoms. The molecular weight excluding hydrogens is 300 g/mol. The Morgan fingerprint density at radius 3 is 2.82 bits per heavy atom. The van der Waals surface area contributed by atoms with E-state index < -0.39 is 0 Å². The first-order chi connectivity index (χ1) is 10.7. The number of aromatic nitrogens is 2. The van der Waals surface area contributed by atoms with Gasteiger partial charge < -0.3 is 14.0 Å². The molecule has 5 nitrogen and oxygen atoms in total. The van der Waals surface area contributed by atoms with Gasteiger partial charge in [-0.3, -0.25) is 0 Å². The van der Waals surface area contributed by atoms with E-state index >= 15 is 0 Å². The lowest BCUT2D eigenvalue weighted by atomic mass is 10.1. The maximum absolute atomic E-state index is 5.86. The SMILES string of the molecule is COc1ncc(-c2c(C)noc2C)cc1OCc1ccsc1. The first-order valence-corrected chi connectivity index (χ1v) is 7.74. The van der Waals surface area contributed by atoms with Crippen LogP contribution in [0.1, 0.15) is 17.0 Å². The van der Waals surface area contributed by atoms with Crippen LogP contribution in [0.2, 0.25) is 0 Å². The molecule has 0 fully saturated rings. The lowest BCUT2D eigenvalue weighted by Crippen LogP contribution is -1.99. The van der Waals surface area contributed by atoms with Gasteiger partial charge in [-0.05, 0) is 42.3 Å². The molecule has 0 amide bonds. The largest absolute Gasteiger partial charge is 0.483 e. The molecule has 0 saturated carbocycles. The monoisotopic (exact) mass is 316 g/mol. The standard InChI is InChI=1S/C16H16N2O3S/c1-10-15(11(2)21-18-10)13-6-14(16(19-3)17-7-13)20-8-12-4-5-22-9-12/h4-7,9H,8H2,1-3H3. The minimum absolute atomic E-state index is 0.464. The van der Waals surface area contributed by atoms with Crippen molar-refractivity contribution in [2.45, 2.75) is 20.5 Å². The molecule has 0 aliphatic carbocycles. The van der Waals surface area contributed by atoms with Crippen LogP contribution in [0.25, 0.3) is 11.1 Å². The molecule has 3 heterocycles. The van der Waals surface area contributed by atoms with Gasteiger partial charge in [0, 0.05) is 17.3 Å². The second kappa shape index (κ2) is 6.19. The Morgan fingerprint density at radius 1 is 1.32 bits per heavy atom. The normalized spacial score (nSPS) is 10.7. The summed E-state index contributed by atoms with van der Waals surface area (Å²) in [5.74, 6) is 1.82. The van der Waals surface area contributed by atoms with E-state index in [4.69, 9.17) is 14.0 Å². The van der Waals surface area contributed by atoms with Crippen molar-refractivity contribution in [3.8, 4) is 22.8 Å². The van der Waals surface area contributed by atoms with E-state index in [-0.39, 0.29) is 0 Å². The number of hydrogen-bond acceptors (Lipinski definition) is 6. The van der Waals surface area contributed by atoms with Gasteiger partial charge in [0.1, 0.15) is 12.4 Å². The van der Waals surface area contributed by atoms with Crippen molar-refractivity contribution in [3.63, 3.8) is 0 Å². The van der Waals surface area contributed by atoms with Crippen molar-refractivity contribution < 1.29 is 14.0 Å². The van der Waals surface area contributed by atoms with E-state index in [9.17, 15) is 0 Å². The number of hydrogen-bond donors (Lipinski definition) is 0. The van der Waals surface area contributed by atoms with E-state index in [0.29, 0.717) is 18.2 Å². The van der Waals surface area contributed by atoms with Crippen LogP contribution in [0.4, 0.5) is 0 Å². The Balaban J connectivity index is 1.92. The Morgan fingerprint density at radius 2 is 2.18 bits per heavy atom. The average molecular weight is 316 g/mol. The summed E-state index contributed by atoms with van der Waals surface area (Å²) in [4.78, 5) is 4.32. The number of ether oxygens (including phenoxy) is 2. The predicted molar refractivity (Wildman–Crippen MR) is 84.4 cm³/mol. The lowest BCUT2D eigenvalue weighted by molar-refractivity contribution is 0.280. The van der Waals surface area contributed by atoms with Crippen molar-refractivity contribution >= 4 is 11.3 Å². The van der Waals surface area contributed by atoms with E-state index in [0.717, 1.165) is 28.1 Å². The molecule has 0 saturated heterocycles. The molecule has 22 heavy (non-hydrogen) atoms. The number of nitrogens with zero attached hydrogens (tertiary/aromatic N) is 2.